The van der Waals surface area contributed by atoms with E-state index in [-0.39, 0.29) is 5.91 Å². The number of para-hydroxylation sites is 1. The van der Waals surface area contributed by atoms with Crippen LogP contribution in [-0.2, 0) is 11.3 Å². The Labute approximate surface area is 153 Å². The molecular formula is C20H25N3OS. The molecule has 0 atom stereocenters. The van der Waals surface area contributed by atoms with Crippen LogP contribution in [0.1, 0.15) is 42.7 Å². The van der Waals surface area contributed by atoms with Crippen molar-refractivity contribution in [1.29, 1.82) is 0 Å². The molecule has 5 heteroatoms. The number of aromatic nitrogens is 1. The second-order valence-corrected chi connectivity index (χ2v) is 7.48. The number of hydrogen-bond acceptors (Lipinski definition) is 4. The van der Waals surface area contributed by atoms with Gasteiger partial charge in [-0.05, 0) is 37.6 Å². The Hall–Kier alpha value is -1.98. The summed E-state index contributed by atoms with van der Waals surface area (Å²) >= 11 is 1.51. The molecule has 0 spiro atoms. The monoisotopic (exact) mass is 355 g/mol. The van der Waals surface area contributed by atoms with Gasteiger partial charge in [-0.3, -0.25) is 9.69 Å². The van der Waals surface area contributed by atoms with Crippen LogP contribution in [0.5, 0.6) is 0 Å². The zero-order chi connectivity index (χ0) is 17.5. The predicted octanol–water partition coefficient (Wildman–Crippen LogP) is 4.56. The van der Waals surface area contributed by atoms with Crippen LogP contribution >= 0.6 is 11.3 Å². The average molecular weight is 356 g/mol. The van der Waals surface area contributed by atoms with E-state index in [1.54, 1.807) is 18.3 Å². The van der Waals surface area contributed by atoms with Gasteiger partial charge in [0.25, 0.3) is 0 Å². The zero-order valence-electron chi connectivity index (χ0n) is 14.6. The lowest BCUT2D eigenvalue weighted by atomic mass is 9.94. The van der Waals surface area contributed by atoms with Crippen molar-refractivity contribution >= 4 is 29.0 Å². The topological polar surface area (TPSA) is 45.2 Å². The molecule has 1 amide bonds. The molecule has 2 aromatic rings. The normalized spacial score (nSPS) is 15.8. The Morgan fingerprint density at radius 2 is 2.12 bits per heavy atom. The minimum atomic E-state index is -0.122. The van der Waals surface area contributed by atoms with Crippen LogP contribution in [0.2, 0.25) is 0 Å². The van der Waals surface area contributed by atoms with Crippen molar-refractivity contribution in [3.8, 4) is 0 Å². The number of nitrogens with one attached hydrogen (secondary N) is 1. The van der Waals surface area contributed by atoms with Crippen LogP contribution in [-0.4, -0.2) is 28.9 Å². The highest BCUT2D eigenvalue weighted by Crippen LogP contribution is 2.25. The molecule has 4 nitrogen and oxygen atoms in total. The molecule has 1 saturated carbocycles. The summed E-state index contributed by atoms with van der Waals surface area (Å²) in [6.07, 6.45) is 11.6. The lowest BCUT2D eigenvalue weighted by Crippen LogP contribution is -2.33. The van der Waals surface area contributed by atoms with E-state index in [1.807, 2.05) is 23.6 Å². The van der Waals surface area contributed by atoms with E-state index in [9.17, 15) is 4.79 Å². The molecule has 0 unspecified atom stereocenters. The molecule has 0 saturated heterocycles. The summed E-state index contributed by atoms with van der Waals surface area (Å²) in [4.78, 5) is 18.8. The van der Waals surface area contributed by atoms with Crippen molar-refractivity contribution in [3.05, 3.63) is 52.5 Å². The predicted molar refractivity (Wildman–Crippen MR) is 105 cm³/mol. The van der Waals surface area contributed by atoms with Crippen LogP contribution in [0.4, 0.5) is 5.69 Å². The molecule has 1 aliphatic rings. The van der Waals surface area contributed by atoms with Gasteiger partial charge in [0, 0.05) is 35.9 Å². The number of nitrogens with zero attached hydrogens (tertiary/aromatic N) is 2. The van der Waals surface area contributed by atoms with Crippen LogP contribution in [0.15, 0.2) is 41.9 Å². The second kappa shape index (κ2) is 8.92. The van der Waals surface area contributed by atoms with Crippen molar-refractivity contribution < 1.29 is 4.79 Å². The fourth-order valence-electron chi connectivity index (χ4n) is 3.34. The number of thiazole rings is 1. The van der Waals surface area contributed by atoms with Crippen molar-refractivity contribution in [2.24, 2.45) is 0 Å². The molecule has 0 aliphatic heterocycles. The zero-order valence-corrected chi connectivity index (χ0v) is 15.5. The van der Waals surface area contributed by atoms with E-state index < -0.39 is 0 Å². The summed E-state index contributed by atoms with van der Waals surface area (Å²) < 4.78 is 0. The van der Waals surface area contributed by atoms with Crippen molar-refractivity contribution in [2.45, 2.75) is 44.7 Å². The first-order chi connectivity index (χ1) is 12.2. The smallest absolute Gasteiger partial charge is 0.248 e. The summed E-state index contributed by atoms with van der Waals surface area (Å²) in [5, 5.41) is 5.74. The van der Waals surface area contributed by atoms with E-state index in [0.717, 1.165) is 22.8 Å². The third-order valence-electron chi connectivity index (χ3n) is 4.72. The Balaban J connectivity index is 1.62. The first kappa shape index (κ1) is 17.8. The molecule has 0 radical (unpaired) electrons. The van der Waals surface area contributed by atoms with Crippen molar-refractivity contribution in [3.63, 3.8) is 0 Å². The summed E-state index contributed by atoms with van der Waals surface area (Å²) in [7, 11) is 2.19. The highest BCUT2D eigenvalue weighted by Gasteiger charge is 2.18. The summed E-state index contributed by atoms with van der Waals surface area (Å²) in [6, 6.07) is 8.72. The number of carbonyl (C=O) groups is 1. The van der Waals surface area contributed by atoms with E-state index in [2.05, 4.69) is 28.3 Å². The Morgan fingerprint density at radius 1 is 1.32 bits per heavy atom. The van der Waals surface area contributed by atoms with Gasteiger partial charge in [-0.15, -0.1) is 11.3 Å². The molecule has 1 aromatic carbocycles. The molecule has 1 aliphatic carbocycles. The molecule has 1 aromatic heterocycles. The quantitative estimate of drug-likeness (QED) is 0.773. The lowest BCUT2D eigenvalue weighted by molar-refractivity contribution is -0.111. The maximum Gasteiger partial charge on any atom is 0.248 e. The summed E-state index contributed by atoms with van der Waals surface area (Å²) in [6.45, 7) is 0.858. The number of anilines is 1. The fraction of sp³-hybridized carbons (Fsp3) is 0.400. The van der Waals surface area contributed by atoms with E-state index in [1.165, 1.54) is 43.4 Å². The Morgan fingerprint density at radius 3 is 2.88 bits per heavy atom. The molecule has 0 bridgehead atoms. The van der Waals surface area contributed by atoms with E-state index in [0.29, 0.717) is 6.04 Å². The highest BCUT2D eigenvalue weighted by atomic mass is 32.1. The maximum absolute atomic E-state index is 12.2. The van der Waals surface area contributed by atoms with Crippen LogP contribution in [0, 0.1) is 0 Å². The highest BCUT2D eigenvalue weighted by molar-refractivity contribution is 7.10. The molecule has 1 fully saturated rings. The Kier molecular flexibility index (Phi) is 6.36. The van der Waals surface area contributed by atoms with Gasteiger partial charge >= 0.3 is 0 Å². The van der Waals surface area contributed by atoms with Gasteiger partial charge in [-0.25, -0.2) is 4.98 Å². The minimum absolute atomic E-state index is 0.122. The van der Waals surface area contributed by atoms with Gasteiger partial charge in [0.05, 0.1) is 0 Å². The van der Waals surface area contributed by atoms with Crippen LogP contribution in [0.3, 0.4) is 0 Å². The van der Waals surface area contributed by atoms with Crippen molar-refractivity contribution in [1.82, 2.24) is 9.88 Å². The molecule has 1 heterocycles. The number of carbonyl (C=O) groups excluding carboxylic acids is 1. The third-order valence-corrected chi connectivity index (χ3v) is 5.46. The van der Waals surface area contributed by atoms with Gasteiger partial charge in [-0.1, -0.05) is 37.5 Å². The first-order valence-corrected chi connectivity index (χ1v) is 9.77. The maximum atomic E-state index is 12.2. The molecular weight excluding hydrogens is 330 g/mol. The third kappa shape index (κ3) is 5.25. The number of benzene rings is 1. The minimum Gasteiger partial charge on any atom is -0.322 e. The van der Waals surface area contributed by atoms with Gasteiger partial charge in [-0.2, -0.15) is 0 Å². The van der Waals surface area contributed by atoms with Gasteiger partial charge in [0.15, 0.2) is 0 Å². The largest absolute Gasteiger partial charge is 0.322 e. The number of hydrogen-bond donors (Lipinski definition) is 1. The second-order valence-electron chi connectivity index (χ2n) is 6.56. The van der Waals surface area contributed by atoms with Gasteiger partial charge in [0.2, 0.25) is 5.91 Å². The first-order valence-electron chi connectivity index (χ1n) is 8.89. The number of amides is 1. The standard InChI is InChI=1S/C20H25N3OS/c1-23(17-8-3-2-4-9-17)15-16-7-5-6-10-18(16)22-19(24)11-12-20-21-13-14-25-20/h5-7,10-14,17H,2-4,8-9,15H2,1H3,(H,22,24)/b12-11+. The fourth-order valence-corrected chi connectivity index (χ4v) is 3.87. The molecule has 25 heavy (non-hydrogen) atoms. The summed E-state index contributed by atoms with van der Waals surface area (Å²) in [5.41, 5.74) is 2.05. The summed E-state index contributed by atoms with van der Waals surface area (Å²) in [5.74, 6) is -0.122. The number of rotatable bonds is 6. The van der Waals surface area contributed by atoms with Gasteiger partial charge in [0.1, 0.15) is 5.01 Å². The van der Waals surface area contributed by atoms with Crippen LogP contribution in [0.25, 0.3) is 6.08 Å². The van der Waals surface area contributed by atoms with E-state index in [4.69, 9.17) is 0 Å². The average Bonchev–Trinajstić information content (AvgIpc) is 3.16. The van der Waals surface area contributed by atoms with Gasteiger partial charge < -0.3 is 5.32 Å². The van der Waals surface area contributed by atoms with E-state index >= 15 is 0 Å². The molecule has 132 valence electrons. The Bertz CT molecular complexity index is 705. The molecule has 3 rings (SSSR count). The molecule has 1 N–H and O–H groups in total. The van der Waals surface area contributed by atoms with Crippen LogP contribution < -0.4 is 5.32 Å². The lowest BCUT2D eigenvalue weighted by Gasteiger charge is -2.31. The SMILES string of the molecule is CN(Cc1ccccc1NC(=O)/C=C/c1nccs1)C1CCCCC1. The van der Waals surface area contributed by atoms with Crippen molar-refractivity contribution in [2.75, 3.05) is 12.4 Å².